The van der Waals surface area contributed by atoms with E-state index in [-0.39, 0.29) is 5.91 Å². The van der Waals surface area contributed by atoms with Gasteiger partial charge in [-0.3, -0.25) is 4.79 Å². The number of hydrogen-bond donors (Lipinski definition) is 2. The lowest BCUT2D eigenvalue weighted by Crippen LogP contribution is -2.57. The van der Waals surface area contributed by atoms with Crippen LogP contribution in [0.15, 0.2) is 16.7 Å². The normalized spacial score (nSPS) is 21.0. The molecule has 0 radical (unpaired) electrons. The number of aromatic nitrogens is 1. The van der Waals surface area contributed by atoms with Crippen LogP contribution >= 0.6 is 15.9 Å². The Bertz CT molecular complexity index is 574. The summed E-state index contributed by atoms with van der Waals surface area (Å²) in [5, 5.41) is 12.2. The largest absolute Gasteiger partial charge is 0.480 e. The predicted octanol–water partition coefficient (Wildman–Crippen LogP) is 1.95. The Morgan fingerprint density at radius 1 is 1.38 bits per heavy atom. The van der Waals surface area contributed by atoms with E-state index in [2.05, 4.69) is 21.2 Å². The molecule has 21 heavy (non-hydrogen) atoms. The second kappa shape index (κ2) is 5.46. The van der Waals surface area contributed by atoms with Gasteiger partial charge in [0.2, 0.25) is 0 Å². The topological polar surface area (TPSA) is 80.6 Å². The van der Waals surface area contributed by atoms with Gasteiger partial charge in [-0.25, -0.2) is 4.79 Å². The molecule has 1 aliphatic carbocycles. The first-order valence-corrected chi connectivity index (χ1v) is 7.82. The first kappa shape index (κ1) is 14.6. The quantitative estimate of drug-likeness (QED) is 0.863. The first-order chi connectivity index (χ1) is 10.0. The summed E-state index contributed by atoms with van der Waals surface area (Å²) in [6.45, 7) is 0.694. The molecule has 0 atom stereocenters. The van der Waals surface area contributed by atoms with Crippen LogP contribution in [0.4, 0.5) is 0 Å². The lowest BCUT2D eigenvalue weighted by atomic mass is 9.90. The summed E-state index contributed by atoms with van der Waals surface area (Å²) in [5.74, 6) is -1.33. The van der Waals surface area contributed by atoms with Gasteiger partial charge < -0.3 is 19.7 Å². The first-order valence-electron chi connectivity index (χ1n) is 7.03. The number of carbonyl (C=O) groups excluding carboxylic acids is 1. The van der Waals surface area contributed by atoms with Crippen molar-refractivity contribution in [1.82, 2.24) is 9.88 Å². The van der Waals surface area contributed by atoms with E-state index in [0.717, 1.165) is 17.3 Å². The van der Waals surface area contributed by atoms with Crippen LogP contribution in [0.25, 0.3) is 0 Å². The van der Waals surface area contributed by atoms with Crippen LogP contribution in [-0.4, -0.2) is 40.3 Å². The van der Waals surface area contributed by atoms with Crippen molar-refractivity contribution in [1.29, 1.82) is 0 Å². The summed E-state index contributed by atoms with van der Waals surface area (Å²) in [4.78, 5) is 24.1. The molecule has 7 heteroatoms. The summed E-state index contributed by atoms with van der Waals surface area (Å²) in [7, 11) is 0. The summed E-state index contributed by atoms with van der Waals surface area (Å²) in [6.07, 6.45) is 4.57. The molecule has 0 aromatic carbocycles. The molecule has 1 aliphatic heterocycles. The minimum Gasteiger partial charge on any atom is -0.480 e. The van der Waals surface area contributed by atoms with Gasteiger partial charge >= 0.3 is 5.97 Å². The third-order valence-electron chi connectivity index (χ3n) is 4.10. The second-order valence-electron chi connectivity index (χ2n) is 5.64. The predicted molar refractivity (Wildman–Crippen MR) is 78.3 cm³/mol. The molecular formula is C14H17BrN2O4. The van der Waals surface area contributed by atoms with Crippen LogP contribution in [0, 0.1) is 0 Å². The molecule has 2 fully saturated rings. The van der Waals surface area contributed by atoms with Crippen LogP contribution in [0.1, 0.15) is 42.2 Å². The summed E-state index contributed by atoms with van der Waals surface area (Å²) in [6, 6.07) is 2.09. The summed E-state index contributed by atoms with van der Waals surface area (Å²) in [5.41, 5.74) is -0.711. The average Bonchev–Trinajstić information content (AvgIpc) is 3.22. The van der Waals surface area contributed by atoms with E-state index in [0.29, 0.717) is 37.8 Å². The van der Waals surface area contributed by atoms with E-state index >= 15 is 0 Å². The van der Waals surface area contributed by atoms with E-state index < -0.39 is 11.5 Å². The molecule has 1 saturated carbocycles. The van der Waals surface area contributed by atoms with E-state index in [1.165, 1.54) is 0 Å². The highest BCUT2D eigenvalue weighted by atomic mass is 79.9. The third-order valence-corrected chi connectivity index (χ3v) is 4.53. The Balaban J connectivity index is 1.83. The third kappa shape index (κ3) is 2.85. The minimum atomic E-state index is -1.22. The second-order valence-corrected chi connectivity index (χ2v) is 6.55. The SMILES string of the molecule is O=C(NC1(C(=O)O)CCOCC1)c1cc(Br)cn1C1CC1. The maximum Gasteiger partial charge on any atom is 0.329 e. The number of carbonyl (C=O) groups is 2. The zero-order valence-electron chi connectivity index (χ0n) is 11.5. The molecule has 2 aliphatic rings. The molecule has 1 amide bonds. The fourth-order valence-corrected chi connectivity index (χ4v) is 3.11. The Hall–Kier alpha value is -1.34. The fourth-order valence-electron chi connectivity index (χ4n) is 2.68. The molecule has 0 bridgehead atoms. The Morgan fingerprint density at radius 2 is 2.05 bits per heavy atom. The van der Waals surface area contributed by atoms with Crippen molar-refractivity contribution in [3.05, 3.63) is 22.4 Å². The van der Waals surface area contributed by atoms with E-state index in [1.54, 1.807) is 6.07 Å². The van der Waals surface area contributed by atoms with Crippen LogP contribution in [-0.2, 0) is 9.53 Å². The van der Waals surface area contributed by atoms with Crippen molar-refractivity contribution < 1.29 is 19.4 Å². The molecule has 114 valence electrons. The monoisotopic (exact) mass is 356 g/mol. The molecule has 0 spiro atoms. The molecule has 1 aromatic heterocycles. The van der Waals surface area contributed by atoms with Crippen molar-refractivity contribution in [3.8, 4) is 0 Å². The van der Waals surface area contributed by atoms with Crippen molar-refractivity contribution in [2.24, 2.45) is 0 Å². The number of hydrogen-bond acceptors (Lipinski definition) is 3. The number of rotatable bonds is 4. The zero-order chi connectivity index (χ0) is 15.0. The highest BCUT2D eigenvalue weighted by Gasteiger charge is 2.42. The standard InChI is InChI=1S/C14H17BrN2O4/c15-9-7-11(17(8-9)10-1-2-10)12(18)16-14(13(19)20)3-5-21-6-4-14/h7-8,10H,1-6H2,(H,16,18)(H,19,20). The number of ether oxygens (including phenoxy) is 1. The van der Waals surface area contributed by atoms with Crippen LogP contribution in [0.2, 0.25) is 0 Å². The number of carboxylic acids is 1. The fraction of sp³-hybridized carbons (Fsp3) is 0.571. The van der Waals surface area contributed by atoms with E-state index in [4.69, 9.17) is 4.74 Å². The van der Waals surface area contributed by atoms with Gasteiger partial charge in [0.1, 0.15) is 11.2 Å². The van der Waals surface area contributed by atoms with Gasteiger partial charge in [0.25, 0.3) is 5.91 Å². The van der Waals surface area contributed by atoms with E-state index in [1.807, 2.05) is 10.8 Å². The number of amides is 1. The Morgan fingerprint density at radius 3 is 2.62 bits per heavy atom. The van der Waals surface area contributed by atoms with Crippen molar-refractivity contribution >= 4 is 27.8 Å². The van der Waals surface area contributed by atoms with Crippen molar-refractivity contribution in [3.63, 3.8) is 0 Å². The van der Waals surface area contributed by atoms with Gasteiger partial charge in [0.05, 0.1) is 0 Å². The average molecular weight is 357 g/mol. The highest BCUT2D eigenvalue weighted by Crippen LogP contribution is 2.37. The summed E-state index contributed by atoms with van der Waals surface area (Å²) < 4.78 is 7.97. The molecule has 3 rings (SSSR count). The minimum absolute atomic E-state index is 0.291. The van der Waals surface area contributed by atoms with Gasteiger partial charge in [-0.05, 0) is 34.8 Å². The Kier molecular flexibility index (Phi) is 3.79. The lowest BCUT2D eigenvalue weighted by Gasteiger charge is -2.33. The molecule has 2 N–H and O–H groups in total. The maximum absolute atomic E-state index is 12.5. The van der Waals surface area contributed by atoms with Crippen molar-refractivity contribution in [2.75, 3.05) is 13.2 Å². The molecule has 2 heterocycles. The number of carboxylic acid groups (broad SMARTS) is 1. The number of nitrogens with one attached hydrogen (secondary N) is 1. The molecule has 1 saturated heterocycles. The van der Waals surface area contributed by atoms with Gasteiger partial charge in [-0.15, -0.1) is 0 Å². The highest BCUT2D eigenvalue weighted by molar-refractivity contribution is 9.10. The lowest BCUT2D eigenvalue weighted by molar-refractivity contribution is -0.148. The molecular weight excluding hydrogens is 340 g/mol. The van der Waals surface area contributed by atoms with Crippen LogP contribution < -0.4 is 5.32 Å². The van der Waals surface area contributed by atoms with E-state index in [9.17, 15) is 14.7 Å². The molecule has 6 nitrogen and oxygen atoms in total. The maximum atomic E-state index is 12.5. The number of halogens is 1. The Labute approximate surface area is 130 Å². The van der Waals surface area contributed by atoms with Gasteiger partial charge in [-0.2, -0.15) is 0 Å². The smallest absolute Gasteiger partial charge is 0.329 e. The van der Waals surface area contributed by atoms with Gasteiger partial charge in [0.15, 0.2) is 0 Å². The van der Waals surface area contributed by atoms with Crippen LogP contribution in [0.3, 0.4) is 0 Å². The number of nitrogens with zero attached hydrogens (tertiary/aromatic N) is 1. The molecule has 0 unspecified atom stereocenters. The zero-order valence-corrected chi connectivity index (χ0v) is 13.1. The molecule has 1 aromatic rings. The number of aliphatic carboxylic acids is 1. The van der Waals surface area contributed by atoms with Crippen LogP contribution in [0.5, 0.6) is 0 Å². The summed E-state index contributed by atoms with van der Waals surface area (Å²) >= 11 is 3.38. The van der Waals surface area contributed by atoms with Gasteiger partial charge in [-0.1, -0.05) is 0 Å². The van der Waals surface area contributed by atoms with Crippen molar-refractivity contribution in [2.45, 2.75) is 37.3 Å². The van der Waals surface area contributed by atoms with Gasteiger partial charge in [0, 0.05) is 42.8 Å².